The Balaban J connectivity index is 2.41. The number of carbonyl (C=O) groups is 1. The van der Waals surface area contributed by atoms with Crippen molar-refractivity contribution in [3.05, 3.63) is 73.6 Å². The van der Waals surface area contributed by atoms with Crippen molar-refractivity contribution in [1.82, 2.24) is 0 Å². The first-order valence-electron chi connectivity index (χ1n) is 6.20. The first-order valence-corrected chi connectivity index (χ1v) is 6.20. The van der Waals surface area contributed by atoms with Crippen molar-refractivity contribution in [3.8, 4) is 5.75 Å². The molecule has 0 N–H and O–H groups in total. The second-order valence-corrected chi connectivity index (χ2v) is 4.50. The van der Waals surface area contributed by atoms with Crippen molar-refractivity contribution in [2.45, 2.75) is 6.92 Å². The summed E-state index contributed by atoms with van der Waals surface area (Å²) in [5.74, 6) is -1.56. The smallest absolute Gasteiger partial charge is 0.344 e. The quantitative estimate of drug-likeness (QED) is 0.370. The number of benzene rings is 2. The second kappa shape index (κ2) is 6.18. The van der Waals surface area contributed by atoms with Crippen LogP contribution in [-0.2, 0) is 0 Å². The van der Waals surface area contributed by atoms with Gasteiger partial charge in [0, 0.05) is 12.1 Å². The molecule has 8 nitrogen and oxygen atoms in total. The van der Waals surface area contributed by atoms with Crippen molar-refractivity contribution < 1.29 is 23.8 Å². The summed E-state index contributed by atoms with van der Waals surface area (Å²) in [7, 11) is 0. The van der Waals surface area contributed by atoms with E-state index in [1.54, 1.807) is 0 Å². The fraction of sp³-hybridized carbons (Fsp3) is 0.0714. The van der Waals surface area contributed by atoms with E-state index in [1.807, 2.05) is 0 Å². The van der Waals surface area contributed by atoms with Crippen LogP contribution in [0.2, 0.25) is 0 Å². The van der Waals surface area contributed by atoms with E-state index < -0.39 is 33.0 Å². The molecule has 2 rings (SSSR count). The average molecular weight is 320 g/mol. The number of hydrogen-bond donors (Lipinski definition) is 0. The lowest BCUT2D eigenvalue weighted by molar-refractivity contribution is -0.395. The van der Waals surface area contributed by atoms with Crippen LogP contribution in [-0.4, -0.2) is 15.8 Å². The molecule has 0 aliphatic rings. The van der Waals surface area contributed by atoms with Crippen molar-refractivity contribution >= 4 is 17.3 Å². The number of esters is 1. The Morgan fingerprint density at radius 2 is 1.52 bits per heavy atom. The Kier molecular flexibility index (Phi) is 4.30. The molecule has 0 aliphatic carbocycles. The minimum absolute atomic E-state index is 0.00211. The zero-order valence-corrected chi connectivity index (χ0v) is 11.7. The molecule has 0 saturated carbocycles. The van der Waals surface area contributed by atoms with Gasteiger partial charge in [0.15, 0.2) is 0 Å². The third-order valence-electron chi connectivity index (χ3n) is 3.01. The average Bonchev–Trinajstić information content (AvgIpc) is 2.49. The van der Waals surface area contributed by atoms with Gasteiger partial charge in [-0.25, -0.2) is 9.18 Å². The van der Waals surface area contributed by atoms with Crippen molar-refractivity contribution in [2.24, 2.45) is 0 Å². The van der Waals surface area contributed by atoms with Gasteiger partial charge in [0.1, 0.15) is 17.1 Å². The van der Waals surface area contributed by atoms with E-state index in [4.69, 9.17) is 4.74 Å². The van der Waals surface area contributed by atoms with Crippen molar-refractivity contribution in [2.75, 3.05) is 0 Å². The van der Waals surface area contributed by atoms with Crippen LogP contribution in [0.25, 0.3) is 0 Å². The number of nitrogens with zero attached hydrogens (tertiary/aromatic N) is 2. The Morgan fingerprint density at radius 3 is 1.96 bits per heavy atom. The van der Waals surface area contributed by atoms with Gasteiger partial charge >= 0.3 is 5.97 Å². The highest BCUT2D eigenvalue weighted by atomic mass is 19.1. The topological polar surface area (TPSA) is 113 Å². The van der Waals surface area contributed by atoms with Crippen molar-refractivity contribution in [3.63, 3.8) is 0 Å². The fourth-order valence-corrected chi connectivity index (χ4v) is 1.85. The van der Waals surface area contributed by atoms with Crippen LogP contribution in [0.1, 0.15) is 15.9 Å². The zero-order valence-electron chi connectivity index (χ0n) is 11.7. The van der Waals surface area contributed by atoms with Crippen molar-refractivity contribution in [1.29, 1.82) is 0 Å². The summed E-state index contributed by atoms with van der Waals surface area (Å²) in [6.45, 7) is 1.21. The maximum Gasteiger partial charge on any atom is 0.344 e. The molecule has 23 heavy (non-hydrogen) atoms. The predicted molar refractivity (Wildman–Crippen MR) is 75.8 cm³/mol. The summed E-state index contributed by atoms with van der Waals surface area (Å²) in [6.07, 6.45) is 0. The third-order valence-corrected chi connectivity index (χ3v) is 3.01. The maximum atomic E-state index is 12.8. The summed E-state index contributed by atoms with van der Waals surface area (Å²) in [4.78, 5) is 32.3. The van der Waals surface area contributed by atoms with Gasteiger partial charge in [-0.15, -0.1) is 0 Å². The molecule has 0 aliphatic heterocycles. The van der Waals surface area contributed by atoms with Gasteiger partial charge in [0.25, 0.3) is 11.4 Å². The van der Waals surface area contributed by atoms with Crippen LogP contribution >= 0.6 is 0 Å². The number of rotatable bonds is 4. The molecule has 0 spiro atoms. The molecule has 0 heterocycles. The van der Waals surface area contributed by atoms with Gasteiger partial charge in [0.05, 0.1) is 15.4 Å². The maximum absolute atomic E-state index is 12.8. The molecule has 0 bridgehead atoms. The van der Waals surface area contributed by atoms with Crippen LogP contribution in [0.3, 0.4) is 0 Å². The number of nitro groups is 2. The molecule has 0 unspecified atom stereocenters. The second-order valence-electron chi connectivity index (χ2n) is 4.50. The van der Waals surface area contributed by atoms with Crippen LogP contribution < -0.4 is 4.74 Å². The summed E-state index contributed by atoms with van der Waals surface area (Å²) in [5, 5.41) is 21.9. The number of halogens is 1. The lowest BCUT2D eigenvalue weighted by atomic mass is 10.1. The minimum Gasteiger partial charge on any atom is -0.423 e. The predicted octanol–water partition coefficient (Wildman–Crippen LogP) is 3.17. The molecular formula is C14H9FN2O6. The molecular weight excluding hydrogens is 311 g/mol. The molecule has 9 heteroatoms. The first kappa shape index (κ1) is 16.0. The highest BCUT2D eigenvalue weighted by molar-refractivity contribution is 5.93. The Labute approximate surface area is 128 Å². The molecule has 118 valence electrons. The third kappa shape index (κ3) is 3.46. The molecule has 0 saturated heterocycles. The summed E-state index contributed by atoms with van der Waals surface area (Å²) >= 11 is 0. The molecule has 0 atom stereocenters. The molecule has 2 aromatic rings. The van der Waals surface area contributed by atoms with E-state index >= 15 is 0 Å². The van der Waals surface area contributed by atoms with Gasteiger partial charge in [-0.1, -0.05) is 0 Å². The van der Waals surface area contributed by atoms with E-state index in [9.17, 15) is 29.4 Å². The SMILES string of the molecule is Cc1c([N+](=O)[O-])cc(C(=O)Oc2ccc(F)cc2)cc1[N+](=O)[O-]. The summed E-state index contributed by atoms with van der Waals surface area (Å²) < 4.78 is 17.7. The fourth-order valence-electron chi connectivity index (χ4n) is 1.85. The van der Waals surface area contributed by atoms with Crippen LogP contribution in [0.4, 0.5) is 15.8 Å². The first-order chi connectivity index (χ1) is 10.8. The number of ether oxygens (including phenoxy) is 1. The van der Waals surface area contributed by atoms with E-state index in [-0.39, 0.29) is 16.9 Å². The lowest BCUT2D eigenvalue weighted by Crippen LogP contribution is -2.10. The van der Waals surface area contributed by atoms with Crippen LogP contribution in [0.5, 0.6) is 5.75 Å². The molecule has 0 radical (unpaired) electrons. The van der Waals surface area contributed by atoms with Gasteiger partial charge in [-0.05, 0) is 31.2 Å². The number of nitro benzene ring substituents is 2. The van der Waals surface area contributed by atoms with E-state index in [0.29, 0.717) is 0 Å². The van der Waals surface area contributed by atoms with Gasteiger partial charge in [-0.3, -0.25) is 20.2 Å². The van der Waals surface area contributed by atoms with Gasteiger partial charge in [0.2, 0.25) is 0 Å². The molecule has 0 fully saturated rings. The summed E-state index contributed by atoms with van der Waals surface area (Å²) in [5.41, 5.74) is -1.65. The minimum atomic E-state index is -1.03. The van der Waals surface area contributed by atoms with Crippen LogP contribution in [0.15, 0.2) is 36.4 Å². The zero-order chi connectivity index (χ0) is 17.1. The number of carbonyl (C=O) groups excluding carboxylic acids is 1. The Morgan fingerprint density at radius 1 is 1.04 bits per heavy atom. The van der Waals surface area contributed by atoms with Crippen LogP contribution in [0, 0.1) is 33.0 Å². The normalized spacial score (nSPS) is 10.2. The monoisotopic (exact) mass is 320 g/mol. The largest absolute Gasteiger partial charge is 0.423 e. The van der Waals surface area contributed by atoms with Gasteiger partial charge in [-0.2, -0.15) is 0 Å². The highest BCUT2D eigenvalue weighted by Gasteiger charge is 2.26. The summed E-state index contributed by atoms with van der Waals surface area (Å²) in [6, 6.07) is 6.28. The standard InChI is InChI=1S/C14H9FN2O6/c1-8-12(16(19)20)6-9(7-13(8)17(21)22)14(18)23-11-4-2-10(15)3-5-11/h2-7H,1H3. The Bertz CT molecular complexity index is 768. The van der Waals surface area contributed by atoms with Gasteiger partial charge < -0.3 is 4.74 Å². The lowest BCUT2D eigenvalue weighted by Gasteiger charge is -2.06. The van der Waals surface area contributed by atoms with E-state index in [1.165, 1.54) is 19.1 Å². The van der Waals surface area contributed by atoms with E-state index in [2.05, 4.69) is 0 Å². The molecule has 0 amide bonds. The highest BCUT2D eigenvalue weighted by Crippen LogP contribution is 2.29. The molecule has 0 aromatic heterocycles. The molecule has 2 aromatic carbocycles. The Hall–Kier alpha value is -3.36. The number of hydrogen-bond acceptors (Lipinski definition) is 6. The van der Waals surface area contributed by atoms with E-state index in [0.717, 1.165) is 24.3 Å².